The minimum absolute atomic E-state index is 0.715. The van der Waals surface area contributed by atoms with Gasteiger partial charge in [-0.1, -0.05) is 0 Å². The van der Waals surface area contributed by atoms with Crippen molar-refractivity contribution in [2.24, 2.45) is 0 Å². The molecule has 0 fully saturated rings. The van der Waals surface area contributed by atoms with Crippen LogP contribution in [-0.4, -0.2) is 11.7 Å². The maximum atomic E-state index is 5.03. The van der Waals surface area contributed by atoms with Crippen molar-refractivity contribution in [3.63, 3.8) is 0 Å². The average Bonchev–Trinajstić information content (AvgIpc) is 2.49. The molecule has 1 aromatic rings. The fourth-order valence-corrected chi connectivity index (χ4v) is 2.48. The first-order chi connectivity index (χ1) is 6.22. The number of halogens is 1. The molecule has 0 radical (unpaired) electrons. The summed E-state index contributed by atoms with van der Waals surface area (Å²) < 4.78 is 1.15. The summed E-state index contributed by atoms with van der Waals surface area (Å²) in [7, 11) is 0. The maximum absolute atomic E-state index is 5.03. The zero-order valence-electron chi connectivity index (χ0n) is 7.26. The van der Waals surface area contributed by atoms with Crippen molar-refractivity contribution in [2.75, 3.05) is 6.54 Å². The molecule has 13 heavy (non-hydrogen) atoms. The lowest BCUT2D eigenvalue weighted by Crippen LogP contribution is -2.34. The molecular weight excluding hydrogens is 268 g/mol. The van der Waals surface area contributed by atoms with Gasteiger partial charge >= 0.3 is 0 Å². The number of hydrogen-bond acceptors (Lipinski definition) is 2. The average molecular weight is 279 g/mol. The van der Waals surface area contributed by atoms with Gasteiger partial charge in [-0.3, -0.25) is 0 Å². The molecule has 1 heterocycles. The molecule has 2 N–H and O–H groups in total. The van der Waals surface area contributed by atoms with Crippen LogP contribution in [0.5, 0.6) is 0 Å². The number of rotatable bonds is 3. The van der Waals surface area contributed by atoms with E-state index < -0.39 is 0 Å². The van der Waals surface area contributed by atoms with Gasteiger partial charge in [-0.15, -0.1) is 11.3 Å². The van der Waals surface area contributed by atoms with Gasteiger partial charge < -0.3 is 10.6 Å². The number of thiocarbonyl (C=S) groups is 1. The Morgan fingerprint density at radius 2 is 2.31 bits per heavy atom. The Kier molecular flexibility index (Phi) is 4.69. The predicted octanol–water partition coefficient (Wildman–Crippen LogP) is 2.49. The molecule has 1 aromatic heterocycles. The largest absolute Gasteiger partial charge is 0.363 e. The highest BCUT2D eigenvalue weighted by atomic mass is 79.9. The van der Waals surface area contributed by atoms with Crippen LogP contribution >= 0.6 is 39.5 Å². The molecule has 0 unspecified atom stereocenters. The van der Waals surface area contributed by atoms with Gasteiger partial charge in [-0.2, -0.15) is 0 Å². The van der Waals surface area contributed by atoms with E-state index >= 15 is 0 Å². The molecule has 2 nitrogen and oxygen atoms in total. The Bertz CT molecular complexity index is 285. The third kappa shape index (κ3) is 4.06. The number of nitrogens with one attached hydrogen (secondary N) is 2. The normalized spacial score (nSPS) is 9.69. The quantitative estimate of drug-likeness (QED) is 0.831. The molecule has 0 atom stereocenters. The van der Waals surface area contributed by atoms with Gasteiger partial charge in [0.2, 0.25) is 0 Å². The molecule has 0 aliphatic rings. The van der Waals surface area contributed by atoms with Gasteiger partial charge in [0.05, 0.1) is 10.3 Å². The van der Waals surface area contributed by atoms with Crippen LogP contribution in [0.2, 0.25) is 0 Å². The van der Waals surface area contributed by atoms with Crippen LogP contribution in [0.15, 0.2) is 15.9 Å². The van der Waals surface area contributed by atoms with Crippen LogP contribution in [0.1, 0.15) is 11.8 Å². The van der Waals surface area contributed by atoms with E-state index in [4.69, 9.17) is 12.2 Å². The van der Waals surface area contributed by atoms with Crippen molar-refractivity contribution < 1.29 is 0 Å². The summed E-state index contributed by atoms with van der Waals surface area (Å²) in [6.07, 6.45) is 0. The van der Waals surface area contributed by atoms with E-state index in [-0.39, 0.29) is 0 Å². The number of thiophene rings is 1. The Hall–Kier alpha value is -0.130. The third-order valence-electron chi connectivity index (χ3n) is 1.39. The van der Waals surface area contributed by atoms with Crippen LogP contribution < -0.4 is 10.6 Å². The summed E-state index contributed by atoms with van der Waals surface area (Å²) in [6, 6.07) is 4.12. The van der Waals surface area contributed by atoms with Gasteiger partial charge in [0, 0.05) is 11.4 Å². The smallest absolute Gasteiger partial charge is 0.166 e. The predicted molar refractivity (Wildman–Crippen MR) is 65.1 cm³/mol. The Morgan fingerprint density at radius 3 is 2.85 bits per heavy atom. The van der Waals surface area contributed by atoms with Crippen LogP contribution in [0.4, 0.5) is 0 Å². The maximum Gasteiger partial charge on any atom is 0.166 e. The van der Waals surface area contributed by atoms with Crippen LogP contribution in [-0.2, 0) is 6.54 Å². The zero-order valence-corrected chi connectivity index (χ0v) is 10.5. The lowest BCUT2D eigenvalue weighted by molar-refractivity contribution is 0.864. The van der Waals surface area contributed by atoms with Crippen molar-refractivity contribution in [2.45, 2.75) is 13.5 Å². The Labute approximate surface area is 95.9 Å². The van der Waals surface area contributed by atoms with E-state index in [2.05, 4.69) is 32.6 Å². The van der Waals surface area contributed by atoms with Crippen LogP contribution in [0, 0.1) is 0 Å². The van der Waals surface area contributed by atoms with Gasteiger partial charge in [-0.25, -0.2) is 0 Å². The summed E-state index contributed by atoms with van der Waals surface area (Å²) in [6.45, 7) is 3.68. The monoisotopic (exact) mass is 278 g/mol. The van der Waals surface area contributed by atoms with E-state index in [1.807, 2.05) is 13.0 Å². The second-order valence-corrected chi connectivity index (χ2v) is 5.37. The standard InChI is InChI=1S/C8H11BrN2S2/c1-2-10-8(12)11-5-6-3-4-7(9)13-6/h3-4H,2,5H2,1H3,(H2,10,11,12). The second-order valence-electron chi connectivity index (χ2n) is 2.42. The van der Waals surface area contributed by atoms with E-state index in [0.717, 1.165) is 16.9 Å². The van der Waals surface area contributed by atoms with E-state index in [0.29, 0.717) is 5.11 Å². The second kappa shape index (κ2) is 5.57. The first-order valence-electron chi connectivity index (χ1n) is 3.98. The van der Waals surface area contributed by atoms with Crippen molar-refractivity contribution >= 4 is 44.6 Å². The Morgan fingerprint density at radius 1 is 1.54 bits per heavy atom. The van der Waals surface area contributed by atoms with Crippen molar-refractivity contribution in [1.82, 2.24) is 10.6 Å². The molecular formula is C8H11BrN2S2. The molecule has 0 aromatic carbocycles. The van der Waals surface area contributed by atoms with E-state index in [1.165, 1.54) is 4.88 Å². The van der Waals surface area contributed by atoms with Crippen LogP contribution in [0.25, 0.3) is 0 Å². The topological polar surface area (TPSA) is 24.1 Å². The molecule has 72 valence electrons. The summed E-state index contributed by atoms with van der Waals surface area (Å²) in [5, 5.41) is 6.87. The molecule has 0 amide bonds. The summed E-state index contributed by atoms with van der Waals surface area (Å²) in [5.74, 6) is 0. The molecule has 5 heteroatoms. The molecule has 0 aliphatic heterocycles. The van der Waals surface area contributed by atoms with Gasteiger partial charge in [0.15, 0.2) is 5.11 Å². The van der Waals surface area contributed by atoms with Gasteiger partial charge in [-0.05, 0) is 47.2 Å². The fraction of sp³-hybridized carbons (Fsp3) is 0.375. The van der Waals surface area contributed by atoms with Gasteiger partial charge in [0.25, 0.3) is 0 Å². The van der Waals surface area contributed by atoms with Crippen molar-refractivity contribution in [3.8, 4) is 0 Å². The summed E-state index contributed by atoms with van der Waals surface area (Å²) >= 11 is 10.2. The van der Waals surface area contributed by atoms with Crippen LogP contribution in [0.3, 0.4) is 0 Å². The highest BCUT2D eigenvalue weighted by Gasteiger charge is 1.97. The zero-order chi connectivity index (χ0) is 9.68. The van der Waals surface area contributed by atoms with Crippen molar-refractivity contribution in [3.05, 3.63) is 20.8 Å². The first kappa shape index (κ1) is 10.9. The molecule has 0 saturated carbocycles. The summed E-state index contributed by atoms with van der Waals surface area (Å²) in [4.78, 5) is 1.27. The lowest BCUT2D eigenvalue weighted by atomic mass is 10.5. The Balaban J connectivity index is 2.30. The number of hydrogen-bond donors (Lipinski definition) is 2. The SMILES string of the molecule is CCNC(=S)NCc1ccc(Br)s1. The minimum atomic E-state index is 0.715. The molecule has 0 spiro atoms. The van der Waals surface area contributed by atoms with E-state index in [9.17, 15) is 0 Å². The van der Waals surface area contributed by atoms with Gasteiger partial charge in [0.1, 0.15) is 0 Å². The first-order valence-corrected chi connectivity index (χ1v) is 6.00. The lowest BCUT2D eigenvalue weighted by Gasteiger charge is -2.06. The minimum Gasteiger partial charge on any atom is -0.363 e. The molecule has 0 bridgehead atoms. The molecule has 0 aliphatic carbocycles. The highest BCUT2D eigenvalue weighted by molar-refractivity contribution is 9.11. The molecule has 1 rings (SSSR count). The highest BCUT2D eigenvalue weighted by Crippen LogP contribution is 2.21. The third-order valence-corrected chi connectivity index (χ3v) is 3.30. The fourth-order valence-electron chi connectivity index (χ4n) is 0.837. The summed E-state index contributed by atoms with van der Waals surface area (Å²) in [5.41, 5.74) is 0. The molecule has 0 saturated heterocycles. The van der Waals surface area contributed by atoms with Crippen molar-refractivity contribution in [1.29, 1.82) is 0 Å². The van der Waals surface area contributed by atoms with E-state index in [1.54, 1.807) is 11.3 Å².